The highest BCUT2D eigenvalue weighted by Crippen LogP contribution is 2.52. The Balaban J connectivity index is 2.07. The first-order valence-electron chi connectivity index (χ1n) is 6.14. The van der Waals surface area contributed by atoms with E-state index >= 15 is 0 Å². The first-order valence-corrected chi connectivity index (χ1v) is 6.14. The molecule has 1 aliphatic heterocycles. The second-order valence-electron chi connectivity index (χ2n) is 5.79. The highest BCUT2D eigenvalue weighted by molar-refractivity contribution is 5.06. The van der Waals surface area contributed by atoms with E-state index in [9.17, 15) is 0 Å². The van der Waals surface area contributed by atoms with Crippen molar-refractivity contribution in [3.05, 3.63) is 0 Å². The molecule has 1 saturated carbocycles. The molecular formula is C12H25N3. The van der Waals surface area contributed by atoms with Gasteiger partial charge in [0.15, 0.2) is 0 Å². The van der Waals surface area contributed by atoms with Crippen molar-refractivity contribution in [2.75, 3.05) is 40.8 Å². The van der Waals surface area contributed by atoms with E-state index in [1.54, 1.807) is 0 Å². The van der Waals surface area contributed by atoms with E-state index in [0.717, 1.165) is 12.5 Å². The van der Waals surface area contributed by atoms with E-state index in [1.807, 2.05) is 0 Å². The maximum Gasteiger partial charge on any atom is 0.0199 e. The van der Waals surface area contributed by atoms with E-state index < -0.39 is 0 Å². The summed E-state index contributed by atoms with van der Waals surface area (Å²) in [7, 11) is 6.67. The quantitative estimate of drug-likeness (QED) is 0.739. The summed E-state index contributed by atoms with van der Waals surface area (Å²) < 4.78 is 0. The van der Waals surface area contributed by atoms with Crippen LogP contribution < -0.4 is 5.73 Å². The number of rotatable bonds is 4. The molecule has 0 aromatic rings. The van der Waals surface area contributed by atoms with Crippen LogP contribution in [0.3, 0.4) is 0 Å². The molecule has 0 bridgehead atoms. The van der Waals surface area contributed by atoms with E-state index in [-0.39, 0.29) is 0 Å². The third-order valence-corrected chi connectivity index (χ3v) is 4.36. The van der Waals surface area contributed by atoms with Gasteiger partial charge in [-0.15, -0.1) is 0 Å². The van der Waals surface area contributed by atoms with Crippen LogP contribution in [-0.2, 0) is 0 Å². The highest BCUT2D eigenvalue weighted by Gasteiger charge is 2.52. The zero-order valence-electron chi connectivity index (χ0n) is 10.4. The molecular weight excluding hydrogens is 186 g/mol. The number of nitrogens with zero attached hydrogens (tertiary/aromatic N) is 2. The van der Waals surface area contributed by atoms with Crippen LogP contribution in [0.5, 0.6) is 0 Å². The van der Waals surface area contributed by atoms with Gasteiger partial charge in [0.1, 0.15) is 0 Å². The maximum absolute atomic E-state index is 5.97. The molecule has 0 spiro atoms. The van der Waals surface area contributed by atoms with Gasteiger partial charge in [0, 0.05) is 12.6 Å². The number of nitrogens with two attached hydrogens (primary N) is 1. The Hall–Kier alpha value is -0.120. The summed E-state index contributed by atoms with van der Waals surface area (Å²) in [5.74, 6) is 0.830. The second-order valence-corrected chi connectivity index (χ2v) is 5.79. The largest absolute Gasteiger partial charge is 0.330 e. The molecule has 3 heteroatoms. The molecule has 0 aromatic carbocycles. The fourth-order valence-corrected chi connectivity index (χ4v) is 3.48. The van der Waals surface area contributed by atoms with Gasteiger partial charge < -0.3 is 15.5 Å². The minimum atomic E-state index is 0.458. The molecule has 0 aromatic heterocycles. The van der Waals surface area contributed by atoms with Gasteiger partial charge in [-0.05, 0) is 64.8 Å². The predicted octanol–water partition coefficient (Wildman–Crippen LogP) is 0.607. The van der Waals surface area contributed by atoms with Crippen LogP contribution >= 0.6 is 0 Å². The van der Waals surface area contributed by atoms with Crippen molar-refractivity contribution in [3.63, 3.8) is 0 Å². The zero-order chi connectivity index (χ0) is 11.1. The van der Waals surface area contributed by atoms with E-state index in [0.29, 0.717) is 11.5 Å². The Kier molecular flexibility index (Phi) is 3.06. The van der Waals surface area contributed by atoms with Gasteiger partial charge in [-0.1, -0.05) is 0 Å². The van der Waals surface area contributed by atoms with Gasteiger partial charge in [0.05, 0.1) is 0 Å². The Morgan fingerprint density at radius 1 is 1.47 bits per heavy atom. The molecule has 0 amide bonds. The maximum atomic E-state index is 5.97. The molecule has 2 N–H and O–H groups in total. The standard InChI is InChI=1S/C12H25N3/c1-14(2)11(12(9-13)5-6-12)10-4-7-15(3)8-10/h10-11H,4-9,13H2,1-3H3. The fraction of sp³-hybridized carbons (Fsp3) is 1.00. The SMILES string of the molecule is CN1CCC(C(N(C)C)C2(CN)CC2)C1. The highest BCUT2D eigenvalue weighted by atomic mass is 15.2. The van der Waals surface area contributed by atoms with Crippen molar-refractivity contribution in [3.8, 4) is 0 Å². The zero-order valence-corrected chi connectivity index (χ0v) is 10.4. The molecule has 0 radical (unpaired) electrons. The van der Waals surface area contributed by atoms with Gasteiger partial charge >= 0.3 is 0 Å². The van der Waals surface area contributed by atoms with Crippen LogP contribution in [-0.4, -0.2) is 56.6 Å². The molecule has 15 heavy (non-hydrogen) atoms. The molecule has 88 valence electrons. The predicted molar refractivity (Wildman–Crippen MR) is 63.8 cm³/mol. The van der Waals surface area contributed by atoms with Gasteiger partial charge in [-0.2, -0.15) is 0 Å². The van der Waals surface area contributed by atoms with Crippen LogP contribution in [0.15, 0.2) is 0 Å². The topological polar surface area (TPSA) is 32.5 Å². The summed E-state index contributed by atoms with van der Waals surface area (Å²) in [5, 5.41) is 0. The van der Waals surface area contributed by atoms with Crippen molar-refractivity contribution < 1.29 is 0 Å². The van der Waals surface area contributed by atoms with Crippen molar-refractivity contribution in [2.24, 2.45) is 17.1 Å². The summed E-state index contributed by atoms with van der Waals surface area (Å²) in [6, 6.07) is 0.701. The lowest BCUT2D eigenvalue weighted by atomic mass is 9.84. The minimum Gasteiger partial charge on any atom is -0.330 e. The van der Waals surface area contributed by atoms with Gasteiger partial charge in [0.2, 0.25) is 0 Å². The van der Waals surface area contributed by atoms with Crippen LogP contribution in [0.25, 0.3) is 0 Å². The summed E-state index contributed by atoms with van der Waals surface area (Å²) in [6.07, 6.45) is 4.03. The molecule has 1 heterocycles. The van der Waals surface area contributed by atoms with Crippen LogP contribution in [0, 0.1) is 11.3 Å². The first-order chi connectivity index (χ1) is 7.09. The van der Waals surface area contributed by atoms with Crippen molar-refractivity contribution in [2.45, 2.75) is 25.3 Å². The van der Waals surface area contributed by atoms with Gasteiger partial charge in [0.25, 0.3) is 0 Å². The van der Waals surface area contributed by atoms with Gasteiger partial charge in [-0.25, -0.2) is 0 Å². The molecule has 2 unspecified atom stereocenters. The molecule has 2 rings (SSSR count). The average molecular weight is 211 g/mol. The lowest BCUT2D eigenvalue weighted by Crippen LogP contribution is -2.46. The summed E-state index contributed by atoms with van der Waals surface area (Å²) >= 11 is 0. The van der Waals surface area contributed by atoms with E-state index in [2.05, 4.69) is 30.9 Å². The molecule has 2 fully saturated rings. The normalized spacial score (nSPS) is 32.2. The Morgan fingerprint density at radius 2 is 2.13 bits per heavy atom. The smallest absolute Gasteiger partial charge is 0.0199 e. The summed E-state index contributed by atoms with van der Waals surface area (Å²) in [4.78, 5) is 4.87. The van der Waals surface area contributed by atoms with Crippen LogP contribution in [0.4, 0.5) is 0 Å². The van der Waals surface area contributed by atoms with E-state index in [4.69, 9.17) is 5.73 Å². The van der Waals surface area contributed by atoms with Crippen molar-refractivity contribution in [1.29, 1.82) is 0 Å². The second kappa shape index (κ2) is 4.04. The minimum absolute atomic E-state index is 0.458. The van der Waals surface area contributed by atoms with Crippen LogP contribution in [0.2, 0.25) is 0 Å². The molecule has 1 aliphatic carbocycles. The van der Waals surface area contributed by atoms with E-state index in [1.165, 1.54) is 32.4 Å². The molecule has 2 atom stereocenters. The Labute approximate surface area is 93.6 Å². The lowest BCUT2D eigenvalue weighted by Gasteiger charge is -2.36. The number of likely N-dealkylation sites (tertiary alicyclic amines) is 1. The monoisotopic (exact) mass is 211 g/mol. The summed E-state index contributed by atoms with van der Waals surface area (Å²) in [6.45, 7) is 3.39. The summed E-state index contributed by atoms with van der Waals surface area (Å²) in [5.41, 5.74) is 6.43. The molecule has 1 saturated heterocycles. The number of hydrogen-bond acceptors (Lipinski definition) is 3. The Morgan fingerprint density at radius 3 is 2.47 bits per heavy atom. The van der Waals surface area contributed by atoms with Gasteiger partial charge in [-0.3, -0.25) is 0 Å². The third kappa shape index (κ3) is 2.05. The number of hydrogen-bond donors (Lipinski definition) is 1. The van der Waals surface area contributed by atoms with Crippen molar-refractivity contribution >= 4 is 0 Å². The molecule has 2 aliphatic rings. The fourth-order valence-electron chi connectivity index (χ4n) is 3.48. The van der Waals surface area contributed by atoms with Crippen molar-refractivity contribution in [1.82, 2.24) is 9.80 Å². The van der Waals surface area contributed by atoms with Crippen LogP contribution in [0.1, 0.15) is 19.3 Å². The lowest BCUT2D eigenvalue weighted by molar-refractivity contribution is 0.131. The first kappa shape index (κ1) is 11.4. The average Bonchev–Trinajstić information content (AvgIpc) is 2.84. The molecule has 3 nitrogen and oxygen atoms in total. The third-order valence-electron chi connectivity index (χ3n) is 4.36. The Bertz CT molecular complexity index is 223.